The van der Waals surface area contributed by atoms with Crippen LogP contribution in [-0.2, 0) is 0 Å². The van der Waals surface area contributed by atoms with Crippen LogP contribution in [0.2, 0.25) is 5.02 Å². The van der Waals surface area contributed by atoms with Crippen LogP contribution in [-0.4, -0.2) is 49.2 Å². The lowest BCUT2D eigenvalue weighted by atomic mass is 10.1. The van der Waals surface area contributed by atoms with Gasteiger partial charge < -0.3 is 26.0 Å². The highest BCUT2D eigenvalue weighted by Gasteiger charge is 2.21. The number of nitrogens with zero attached hydrogens (tertiary/aromatic N) is 2. The van der Waals surface area contributed by atoms with Crippen LogP contribution in [0.3, 0.4) is 0 Å². The van der Waals surface area contributed by atoms with Crippen molar-refractivity contribution in [2.75, 3.05) is 43.9 Å². The zero-order valence-electron chi connectivity index (χ0n) is 17.3. The summed E-state index contributed by atoms with van der Waals surface area (Å²) < 4.78 is 20.3. The number of hydrogen-bond donors (Lipinski definition) is 4. The summed E-state index contributed by atoms with van der Waals surface area (Å²) in [6.45, 7) is 2.12. The molecule has 1 aromatic carbocycles. The Labute approximate surface area is 189 Å². The Morgan fingerprint density at radius 1 is 1.25 bits per heavy atom. The third-order valence-corrected chi connectivity index (χ3v) is 5.05. The molecule has 0 unspecified atom stereocenters. The number of nitrogens with one attached hydrogen (secondary N) is 4. The number of aromatic nitrogens is 2. The van der Waals surface area contributed by atoms with Crippen molar-refractivity contribution < 1.29 is 13.9 Å². The Bertz CT molecular complexity index is 1140. The number of amides is 1. The molecule has 0 spiro atoms. The third-order valence-electron chi connectivity index (χ3n) is 4.81. The van der Waals surface area contributed by atoms with Gasteiger partial charge in [0.15, 0.2) is 11.6 Å². The van der Waals surface area contributed by atoms with E-state index in [1.807, 2.05) is 7.05 Å². The van der Waals surface area contributed by atoms with Gasteiger partial charge in [0.2, 0.25) is 0 Å². The van der Waals surface area contributed by atoms with E-state index < -0.39 is 5.82 Å². The highest BCUT2D eigenvalue weighted by molar-refractivity contribution is 6.30. The molecule has 10 heteroatoms. The summed E-state index contributed by atoms with van der Waals surface area (Å²) in [5, 5.41) is 12.6. The molecule has 0 saturated heterocycles. The van der Waals surface area contributed by atoms with Crippen molar-refractivity contribution in [3.63, 3.8) is 0 Å². The molecule has 1 amide bonds. The number of anilines is 3. The van der Waals surface area contributed by atoms with Crippen molar-refractivity contribution in [2.24, 2.45) is 0 Å². The molecule has 32 heavy (non-hydrogen) atoms. The number of benzene rings is 1. The smallest absolute Gasteiger partial charge is 0.255 e. The summed E-state index contributed by atoms with van der Waals surface area (Å²) >= 11 is 6.08. The fourth-order valence-corrected chi connectivity index (χ4v) is 3.44. The first-order valence-electron chi connectivity index (χ1n) is 10.1. The van der Waals surface area contributed by atoms with Crippen LogP contribution < -0.4 is 26.0 Å². The first-order valence-corrected chi connectivity index (χ1v) is 10.5. The first-order chi connectivity index (χ1) is 15.6. The second-order valence-electron chi connectivity index (χ2n) is 7.04. The van der Waals surface area contributed by atoms with E-state index in [4.69, 9.17) is 16.3 Å². The zero-order valence-corrected chi connectivity index (χ0v) is 18.1. The second-order valence-corrected chi connectivity index (χ2v) is 7.47. The molecule has 0 aliphatic carbocycles. The van der Waals surface area contributed by atoms with Crippen molar-refractivity contribution in [3.05, 3.63) is 59.1 Å². The van der Waals surface area contributed by atoms with Gasteiger partial charge in [-0.15, -0.1) is 0 Å². The largest absolute Gasteiger partial charge is 0.486 e. The number of halogens is 2. The number of rotatable bonds is 7. The molecule has 0 bridgehead atoms. The van der Waals surface area contributed by atoms with Gasteiger partial charge in [0.1, 0.15) is 12.4 Å². The summed E-state index contributed by atoms with van der Waals surface area (Å²) in [4.78, 5) is 21.2. The summed E-state index contributed by atoms with van der Waals surface area (Å²) in [7, 11) is 1.81. The Morgan fingerprint density at radius 2 is 2.12 bits per heavy atom. The van der Waals surface area contributed by atoms with E-state index in [9.17, 15) is 9.18 Å². The fraction of sp³-hybridized carbons (Fsp3) is 0.227. The van der Waals surface area contributed by atoms with E-state index in [2.05, 4.69) is 31.2 Å². The quantitative estimate of drug-likeness (QED) is 0.404. The van der Waals surface area contributed by atoms with Gasteiger partial charge in [0.25, 0.3) is 5.91 Å². The van der Waals surface area contributed by atoms with Crippen LogP contribution in [0, 0.1) is 5.82 Å². The monoisotopic (exact) mass is 456 g/mol. The molecule has 3 aromatic rings. The maximum Gasteiger partial charge on any atom is 0.255 e. The molecule has 4 N–H and O–H groups in total. The number of carbonyl (C=O) groups is 1. The highest BCUT2D eigenvalue weighted by atomic mass is 35.5. The summed E-state index contributed by atoms with van der Waals surface area (Å²) in [6.07, 6.45) is 3.07. The van der Waals surface area contributed by atoms with Crippen molar-refractivity contribution in [1.29, 1.82) is 0 Å². The number of hydrogen-bond acceptors (Lipinski definition) is 7. The van der Waals surface area contributed by atoms with Crippen molar-refractivity contribution in [1.82, 2.24) is 20.6 Å². The zero-order chi connectivity index (χ0) is 22.5. The standard InChI is InChI=1S/C22H22ClFN6O2/c1-25-6-7-28-22(31)15-12-26-5-4-17(15)29-19-11-18(14-10-13(23)2-3-16(14)24)30-21-20(19)32-9-8-27-21/h2-5,10-12,25H,6-9H2,1H3,(H,28,31)(H2,26,27,29,30). The number of fused-ring (bicyclic) bond motifs is 1. The van der Waals surface area contributed by atoms with Crippen LogP contribution in [0.1, 0.15) is 10.4 Å². The van der Waals surface area contributed by atoms with E-state index in [1.54, 1.807) is 18.3 Å². The first kappa shape index (κ1) is 21.8. The molecule has 2 aromatic heterocycles. The van der Waals surface area contributed by atoms with Gasteiger partial charge in [-0.1, -0.05) is 11.6 Å². The molecule has 4 rings (SSSR count). The van der Waals surface area contributed by atoms with Crippen molar-refractivity contribution >= 4 is 34.7 Å². The number of carbonyl (C=O) groups excluding carboxylic acids is 1. The molecule has 0 saturated carbocycles. The number of ether oxygens (including phenoxy) is 1. The fourth-order valence-electron chi connectivity index (χ4n) is 3.27. The van der Waals surface area contributed by atoms with E-state index in [1.165, 1.54) is 24.4 Å². The van der Waals surface area contributed by atoms with Crippen LogP contribution in [0.4, 0.5) is 21.6 Å². The molecule has 8 nitrogen and oxygen atoms in total. The van der Waals surface area contributed by atoms with E-state index in [-0.39, 0.29) is 11.5 Å². The van der Waals surface area contributed by atoms with Crippen LogP contribution >= 0.6 is 11.6 Å². The Hall–Kier alpha value is -3.43. The molecular formula is C22H22ClFN6O2. The minimum atomic E-state index is -0.446. The lowest BCUT2D eigenvalue weighted by molar-refractivity contribution is 0.0954. The molecule has 1 aliphatic rings. The molecule has 0 atom stereocenters. The molecule has 0 radical (unpaired) electrons. The number of likely N-dealkylation sites (N-methyl/N-ethyl adjacent to an activating group) is 1. The summed E-state index contributed by atoms with van der Waals surface area (Å²) in [6, 6.07) is 7.66. The predicted molar refractivity (Wildman–Crippen MR) is 122 cm³/mol. The SMILES string of the molecule is CNCCNC(=O)c1cnccc1Nc1cc(-c2cc(Cl)ccc2F)nc2c1OCCN2. The minimum Gasteiger partial charge on any atom is -0.486 e. The van der Waals surface area contributed by atoms with Crippen molar-refractivity contribution in [2.45, 2.75) is 0 Å². The molecule has 1 aliphatic heterocycles. The average Bonchev–Trinajstić information content (AvgIpc) is 2.81. The highest BCUT2D eigenvalue weighted by Crippen LogP contribution is 2.40. The maximum atomic E-state index is 14.5. The van der Waals surface area contributed by atoms with Crippen LogP contribution in [0.25, 0.3) is 11.3 Å². The topological polar surface area (TPSA) is 100 Å². The maximum absolute atomic E-state index is 14.5. The molecular weight excluding hydrogens is 435 g/mol. The van der Waals surface area contributed by atoms with Gasteiger partial charge in [-0.3, -0.25) is 9.78 Å². The van der Waals surface area contributed by atoms with E-state index in [0.717, 1.165) is 0 Å². The van der Waals surface area contributed by atoms with Crippen LogP contribution in [0.5, 0.6) is 5.75 Å². The minimum absolute atomic E-state index is 0.260. The Morgan fingerprint density at radius 3 is 2.97 bits per heavy atom. The predicted octanol–water partition coefficient (Wildman–Crippen LogP) is 3.43. The van der Waals surface area contributed by atoms with Gasteiger partial charge in [0.05, 0.1) is 29.2 Å². The van der Waals surface area contributed by atoms with Gasteiger partial charge in [-0.25, -0.2) is 9.37 Å². The van der Waals surface area contributed by atoms with E-state index in [0.29, 0.717) is 65.5 Å². The number of pyridine rings is 2. The lowest BCUT2D eigenvalue weighted by Crippen LogP contribution is -2.30. The molecule has 3 heterocycles. The summed E-state index contributed by atoms with van der Waals surface area (Å²) in [5.41, 5.74) is 2.07. The van der Waals surface area contributed by atoms with Crippen LogP contribution in [0.15, 0.2) is 42.7 Å². The van der Waals surface area contributed by atoms with Crippen molar-refractivity contribution in [3.8, 4) is 17.0 Å². The average molecular weight is 457 g/mol. The van der Waals surface area contributed by atoms with Gasteiger partial charge >= 0.3 is 0 Å². The third kappa shape index (κ3) is 4.74. The Balaban J connectivity index is 1.73. The molecule has 166 valence electrons. The Kier molecular flexibility index (Phi) is 6.67. The summed E-state index contributed by atoms with van der Waals surface area (Å²) in [5.74, 6) is 0.252. The van der Waals surface area contributed by atoms with E-state index >= 15 is 0 Å². The lowest BCUT2D eigenvalue weighted by Gasteiger charge is -2.23. The second kappa shape index (κ2) is 9.80. The van der Waals surface area contributed by atoms with Gasteiger partial charge in [0, 0.05) is 36.1 Å². The van der Waals surface area contributed by atoms with Gasteiger partial charge in [-0.05, 0) is 37.4 Å². The normalized spacial score (nSPS) is 12.3. The molecule has 0 fully saturated rings. The van der Waals surface area contributed by atoms with Gasteiger partial charge in [-0.2, -0.15) is 0 Å².